The van der Waals surface area contributed by atoms with Crippen LogP contribution in [-0.2, 0) is 19.1 Å². The molecule has 8 nitrogen and oxygen atoms in total. The Balaban J connectivity index is 1.73. The number of rotatable bonds is 9. The minimum Gasteiger partial charge on any atom is -0.394 e. The zero-order chi connectivity index (χ0) is 22.9. The zero-order valence-corrected chi connectivity index (χ0v) is 18.8. The summed E-state index contributed by atoms with van der Waals surface area (Å²) in [6.07, 6.45) is 3.69. The van der Waals surface area contributed by atoms with Gasteiger partial charge in [0.15, 0.2) is 0 Å². The van der Waals surface area contributed by atoms with Crippen LogP contribution in [0.25, 0.3) is 0 Å². The van der Waals surface area contributed by atoms with Gasteiger partial charge in [0, 0.05) is 13.6 Å². The highest BCUT2D eigenvalue weighted by molar-refractivity contribution is 5.99. The Hall–Kier alpha value is -2.45. The van der Waals surface area contributed by atoms with Gasteiger partial charge in [0.05, 0.1) is 30.6 Å². The number of aliphatic hydroxyl groups is 1. The molecule has 174 valence electrons. The summed E-state index contributed by atoms with van der Waals surface area (Å²) in [4.78, 5) is 41.6. The van der Waals surface area contributed by atoms with Gasteiger partial charge in [0.1, 0.15) is 11.6 Å². The fourth-order valence-electron chi connectivity index (χ4n) is 5.91. The van der Waals surface area contributed by atoms with E-state index < -0.39 is 29.5 Å². The highest BCUT2D eigenvalue weighted by Crippen LogP contribution is 2.59. The lowest BCUT2D eigenvalue weighted by Crippen LogP contribution is -2.56. The van der Waals surface area contributed by atoms with E-state index in [0.29, 0.717) is 19.4 Å². The second kappa shape index (κ2) is 9.19. The molecule has 0 aliphatic carbocycles. The average Bonchev–Trinajstić information content (AvgIpc) is 3.45. The monoisotopic (exact) mass is 443 g/mol. The Bertz CT molecular complexity index is 862. The van der Waals surface area contributed by atoms with Gasteiger partial charge >= 0.3 is 0 Å². The quantitative estimate of drug-likeness (QED) is 0.496. The average molecular weight is 444 g/mol. The van der Waals surface area contributed by atoms with E-state index in [1.807, 2.05) is 30.3 Å². The lowest BCUT2D eigenvalue weighted by molar-refractivity contribution is -0.145. The summed E-state index contributed by atoms with van der Waals surface area (Å²) >= 11 is 0. The molecular weight excluding hydrogens is 410 g/mol. The lowest BCUT2D eigenvalue weighted by atomic mass is 9.70. The second-order valence-corrected chi connectivity index (χ2v) is 9.02. The van der Waals surface area contributed by atoms with Crippen molar-refractivity contribution in [2.24, 2.45) is 11.8 Å². The number of benzene rings is 1. The Morgan fingerprint density at radius 1 is 1.25 bits per heavy atom. The van der Waals surface area contributed by atoms with Crippen molar-refractivity contribution in [2.45, 2.75) is 62.8 Å². The number of ether oxygens (including phenoxy) is 1. The van der Waals surface area contributed by atoms with Crippen LogP contribution in [0.1, 0.15) is 50.6 Å². The molecule has 3 N–H and O–H groups in total. The fourth-order valence-corrected chi connectivity index (χ4v) is 5.91. The van der Waals surface area contributed by atoms with Gasteiger partial charge < -0.3 is 25.4 Å². The van der Waals surface area contributed by atoms with Crippen LogP contribution in [-0.4, -0.2) is 65.7 Å². The smallest absolute Gasteiger partial charge is 0.245 e. The maximum atomic E-state index is 13.8. The summed E-state index contributed by atoms with van der Waals surface area (Å²) in [6, 6.07) is 7.64. The van der Waals surface area contributed by atoms with Crippen molar-refractivity contribution in [3.63, 3.8) is 0 Å². The van der Waals surface area contributed by atoms with Crippen LogP contribution < -0.4 is 10.6 Å². The molecule has 3 aliphatic heterocycles. The van der Waals surface area contributed by atoms with Crippen molar-refractivity contribution in [2.75, 3.05) is 20.2 Å². The molecule has 3 heterocycles. The largest absolute Gasteiger partial charge is 0.394 e. The Morgan fingerprint density at radius 3 is 2.66 bits per heavy atom. The number of nitrogens with one attached hydrogen (secondary N) is 2. The molecular formula is C24H33N3O5. The van der Waals surface area contributed by atoms with Crippen LogP contribution in [0.4, 0.5) is 0 Å². The summed E-state index contributed by atoms with van der Waals surface area (Å²) in [7, 11) is 1.55. The number of carbonyl (C=O) groups excluding carboxylic acids is 3. The van der Waals surface area contributed by atoms with Gasteiger partial charge in [-0.2, -0.15) is 0 Å². The third-order valence-corrected chi connectivity index (χ3v) is 7.31. The summed E-state index contributed by atoms with van der Waals surface area (Å²) in [5.74, 6) is -2.16. The molecule has 32 heavy (non-hydrogen) atoms. The molecule has 4 rings (SSSR count). The molecule has 6 atom stereocenters. The topological polar surface area (TPSA) is 108 Å². The summed E-state index contributed by atoms with van der Waals surface area (Å²) in [6.45, 7) is 2.29. The van der Waals surface area contributed by atoms with Gasteiger partial charge in [-0.3, -0.25) is 14.4 Å². The number of hydrogen-bond donors (Lipinski definition) is 3. The molecule has 0 aromatic heterocycles. The molecule has 2 bridgehead atoms. The summed E-state index contributed by atoms with van der Waals surface area (Å²) in [5.41, 5.74) is -0.301. The second-order valence-electron chi connectivity index (χ2n) is 9.02. The van der Waals surface area contributed by atoms with Crippen molar-refractivity contribution in [1.29, 1.82) is 0 Å². The number of likely N-dealkylation sites (tertiary alicyclic amines) is 1. The molecule has 8 heteroatoms. The van der Waals surface area contributed by atoms with Crippen LogP contribution in [0.3, 0.4) is 0 Å². The Labute approximate surface area is 188 Å². The van der Waals surface area contributed by atoms with Crippen molar-refractivity contribution in [1.82, 2.24) is 15.5 Å². The maximum absolute atomic E-state index is 13.8. The van der Waals surface area contributed by atoms with Crippen molar-refractivity contribution in [3.05, 3.63) is 35.9 Å². The fraction of sp³-hybridized carbons (Fsp3) is 0.625. The van der Waals surface area contributed by atoms with Gasteiger partial charge in [-0.1, -0.05) is 50.1 Å². The molecule has 3 amide bonds. The van der Waals surface area contributed by atoms with Gasteiger partial charge in [-0.25, -0.2) is 0 Å². The van der Waals surface area contributed by atoms with Gasteiger partial charge in [-0.05, 0) is 24.8 Å². The third kappa shape index (κ3) is 3.49. The minimum absolute atomic E-state index is 0.237. The van der Waals surface area contributed by atoms with E-state index >= 15 is 0 Å². The highest BCUT2D eigenvalue weighted by atomic mass is 16.5. The van der Waals surface area contributed by atoms with Crippen molar-refractivity contribution in [3.8, 4) is 0 Å². The number of nitrogens with zero attached hydrogens (tertiary/aromatic N) is 1. The van der Waals surface area contributed by atoms with Crippen molar-refractivity contribution >= 4 is 17.7 Å². The first-order valence-electron chi connectivity index (χ1n) is 11.6. The van der Waals surface area contributed by atoms with E-state index in [1.165, 1.54) is 4.90 Å². The molecule has 0 radical (unpaired) electrons. The van der Waals surface area contributed by atoms with E-state index in [1.54, 1.807) is 7.05 Å². The molecule has 3 fully saturated rings. The maximum Gasteiger partial charge on any atom is 0.245 e. The van der Waals surface area contributed by atoms with Gasteiger partial charge in [0.2, 0.25) is 17.7 Å². The minimum atomic E-state index is -1.05. The molecule has 1 aromatic carbocycles. The van der Waals surface area contributed by atoms with E-state index in [0.717, 1.165) is 24.8 Å². The highest BCUT2D eigenvalue weighted by Gasteiger charge is 2.75. The molecule has 1 spiro atoms. The number of unbranched alkanes of at least 4 members (excludes halogenated alkanes) is 2. The Kier molecular flexibility index (Phi) is 6.53. The first-order chi connectivity index (χ1) is 15.5. The van der Waals surface area contributed by atoms with E-state index in [9.17, 15) is 19.5 Å². The summed E-state index contributed by atoms with van der Waals surface area (Å²) < 4.78 is 6.35. The van der Waals surface area contributed by atoms with Crippen LogP contribution in [0, 0.1) is 11.8 Å². The first-order valence-corrected chi connectivity index (χ1v) is 11.6. The van der Waals surface area contributed by atoms with Crippen LogP contribution in [0.2, 0.25) is 0 Å². The number of carbonyl (C=O) groups is 3. The molecule has 0 saturated carbocycles. The van der Waals surface area contributed by atoms with E-state index in [2.05, 4.69) is 17.6 Å². The van der Waals surface area contributed by atoms with Crippen LogP contribution in [0.5, 0.6) is 0 Å². The Morgan fingerprint density at radius 2 is 2.00 bits per heavy atom. The standard InChI is InChI=1S/C24H33N3O5/c1-3-4-8-13-26-22(30)20-24-12-11-17(32-24)18(21(29)25-2)19(24)23(31)27(20)16(14-28)15-9-6-5-7-10-15/h5-7,9-10,16-20,28H,3-4,8,11-14H2,1-2H3,(H,25,29)(H,26,30)/t16-,17+,18-,19+,20?,24?/m1/s1. The van der Waals surface area contributed by atoms with Crippen LogP contribution >= 0.6 is 0 Å². The predicted octanol–water partition coefficient (Wildman–Crippen LogP) is 1.15. The number of hydrogen-bond acceptors (Lipinski definition) is 5. The lowest BCUT2D eigenvalue weighted by Gasteiger charge is -2.36. The van der Waals surface area contributed by atoms with Crippen LogP contribution in [0.15, 0.2) is 30.3 Å². The number of fused-ring (bicyclic) bond motifs is 1. The molecule has 3 aliphatic rings. The molecule has 2 unspecified atom stereocenters. The number of amides is 3. The predicted molar refractivity (Wildman–Crippen MR) is 117 cm³/mol. The van der Waals surface area contributed by atoms with Gasteiger partial charge in [-0.15, -0.1) is 0 Å². The molecule has 1 aromatic rings. The third-order valence-electron chi connectivity index (χ3n) is 7.31. The van der Waals surface area contributed by atoms with Crippen molar-refractivity contribution < 1.29 is 24.2 Å². The summed E-state index contributed by atoms with van der Waals surface area (Å²) in [5, 5.41) is 16.0. The first kappa shape index (κ1) is 22.7. The number of aliphatic hydroxyl groups excluding tert-OH is 1. The zero-order valence-electron chi connectivity index (χ0n) is 18.8. The normalized spacial score (nSPS) is 31.5. The SMILES string of the molecule is CCCCCNC(=O)C1N([C@H](CO)c2ccccc2)C(=O)[C@@H]2[C@H](C(=O)NC)[C@@H]3CCC12O3. The van der Waals surface area contributed by atoms with Gasteiger partial charge in [0.25, 0.3) is 0 Å². The van der Waals surface area contributed by atoms with E-state index in [4.69, 9.17) is 4.74 Å². The molecule has 3 saturated heterocycles. The van der Waals surface area contributed by atoms with E-state index in [-0.39, 0.29) is 30.4 Å².